The largest absolute Gasteiger partial charge is 0.329 e. The van der Waals surface area contributed by atoms with Gasteiger partial charge in [0.05, 0.1) is 11.5 Å². The summed E-state index contributed by atoms with van der Waals surface area (Å²) in [5, 5.41) is 22.9. The van der Waals surface area contributed by atoms with Gasteiger partial charge in [-0.15, -0.1) is 5.10 Å². The Labute approximate surface area is 127 Å². The minimum Gasteiger partial charge on any atom is -0.329 e. The van der Waals surface area contributed by atoms with Crippen LogP contribution < -0.4 is 5.73 Å². The van der Waals surface area contributed by atoms with E-state index >= 15 is 0 Å². The smallest absolute Gasteiger partial charge is 0.274 e. The zero-order valence-corrected chi connectivity index (χ0v) is 12.7. The maximum Gasteiger partial charge on any atom is 0.274 e. The molecule has 0 aliphatic carbocycles. The molecule has 0 atom stereocenters. The van der Waals surface area contributed by atoms with Crippen molar-refractivity contribution >= 4 is 33.4 Å². The van der Waals surface area contributed by atoms with Crippen molar-refractivity contribution in [3.8, 4) is 0 Å². The molecule has 8 nitrogen and oxygen atoms in total. The van der Waals surface area contributed by atoms with Gasteiger partial charge in [-0.25, -0.2) is 4.68 Å². The molecule has 2 rings (SSSR count). The Balaban J connectivity index is 2.14. The van der Waals surface area contributed by atoms with Crippen LogP contribution in [0.5, 0.6) is 0 Å². The van der Waals surface area contributed by atoms with Gasteiger partial charge in [0.2, 0.25) is 5.16 Å². The molecule has 0 saturated carbocycles. The molecule has 10 heteroatoms. The second-order valence-corrected chi connectivity index (χ2v) is 5.65. The van der Waals surface area contributed by atoms with Crippen molar-refractivity contribution in [2.24, 2.45) is 5.73 Å². The lowest BCUT2D eigenvalue weighted by Crippen LogP contribution is -2.12. The van der Waals surface area contributed by atoms with Gasteiger partial charge in [0.25, 0.3) is 5.69 Å². The normalized spacial score (nSPS) is 10.7. The van der Waals surface area contributed by atoms with Gasteiger partial charge in [-0.2, -0.15) is 0 Å². The molecule has 0 spiro atoms. The van der Waals surface area contributed by atoms with Gasteiger partial charge in [-0.3, -0.25) is 10.1 Å². The molecule has 0 fully saturated rings. The van der Waals surface area contributed by atoms with Crippen LogP contribution >= 0.6 is 27.7 Å². The summed E-state index contributed by atoms with van der Waals surface area (Å²) in [6.45, 7) is 0.939. The first-order valence-electron chi connectivity index (χ1n) is 5.63. The minimum atomic E-state index is -0.399. The Kier molecular flexibility index (Phi) is 5.04. The van der Waals surface area contributed by atoms with Gasteiger partial charge in [0.15, 0.2) is 0 Å². The Morgan fingerprint density at radius 1 is 1.50 bits per heavy atom. The number of tetrazole rings is 1. The van der Waals surface area contributed by atoms with Crippen molar-refractivity contribution in [1.29, 1.82) is 0 Å². The highest BCUT2D eigenvalue weighted by molar-refractivity contribution is 9.10. The van der Waals surface area contributed by atoms with E-state index in [4.69, 9.17) is 5.73 Å². The number of nitro groups is 1. The number of hydrogen-bond donors (Lipinski definition) is 1. The fraction of sp³-hybridized carbons (Fsp3) is 0.300. The van der Waals surface area contributed by atoms with E-state index in [1.807, 2.05) is 0 Å². The lowest BCUT2D eigenvalue weighted by Gasteiger charge is -2.04. The summed E-state index contributed by atoms with van der Waals surface area (Å²) < 4.78 is 2.25. The highest BCUT2D eigenvalue weighted by Gasteiger charge is 2.15. The Morgan fingerprint density at radius 2 is 2.30 bits per heavy atom. The highest BCUT2D eigenvalue weighted by atomic mass is 79.9. The molecule has 1 heterocycles. The molecule has 1 aromatic carbocycles. The molecular weight excluding hydrogens is 348 g/mol. The fourth-order valence-corrected chi connectivity index (χ4v) is 2.78. The standard InChI is InChI=1S/C10H11BrN6O2S/c11-8-2-1-7(9(5-8)17(18)19)6-20-10-13-14-15-16(10)4-3-12/h1-2,5H,3-4,6,12H2. The van der Waals surface area contributed by atoms with E-state index in [2.05, 4.69) is 31.5 Å². The van der Waals surface area contributed by atoms with Crippen LogP contribution in [0.15, 0.2) is 27.8 Å². The van der Waals surface area contributed by atoms with Crippen molar-refractivity contribution in [1.82, 2.24) is 20.2 Å². The molecule has 0 radical (unpaired) electrons. The van der Waals surface area contributed by atoms with Crippen LogP contribution in [0.4, 0.5) is 5.69 Å². The third-order valence-electron chi connectivity index (χ3n) is 2.44. The monoisotopic (exact) mass is 358 g/mol. The van der Waals surface area contributed by atoms with Gasteiger partial charge in [-0.1, -0.05) is 33.8 Å². The predicted molar refractivity (Wildman–Crippen MR) is 77.2 cm³/mol. The van der Waals surface area contributed by atoms with E-state index in [0.29, 0.717) is 34.0 Å². The van der Waals surface area contributed by atoms with Crippen LogP contribution in [0.3, 0.4) is 0 Å². The summed E-state index contributed by atoms with van der Waals surface area (Å²) in [4.78, 5) is 10.6. The third kappa shape index (κ3) is 3.52. The van der Waals surface area contributed by atoms with E-state index in [-0.39, 0.29) is 5.69 Å². The molecule has 2 aromatic rings. The van der Waals surface area contributed by atoms with Gasteiger partial charge in [-0.05, 0) is 16.5 Å². The molecule has 0 aliphatic rings. The predicted octanol–water partition coefficient (Wildman–Crippen LogP) is 1.59. The first-order chi connectivity index (χ1) is 9.61. The van der Waals surface area contributed by atoms with Crippen LogP contribution in [-0.2, 0) is 12.3 Å². The molecule has 0 unspecified atom stereocenters. The Hall–Kier alpha value is -1.52. The average molecular weight is 359 g/mol. The maximum absolute atomic E-state index is 11.0. The van der Waals surface area contributed by atoms with Crippen molar-refractivity contribution in [2.75, 3.05) is 6.54 Å². The molecule has 0 aliphatic heterocycles. The zero-order valence-electron chi connectivity index (χ0n) is 10.3. The number of thioether (sulfide) groups is 1. The Morgan fingerprint density at radius 3 is 3.00 bits per heavy atom. The first-order valence-corrected chi connectivity index (χ1v) is 7.41. The molecule has 0 amide bonds. The minimum absolute atomic E-state index is 0.0738. The second kappa shape index (κ2) is 6.77. The molecular formula is C10H11BrN6O2S. The lowest BCUT2D eigenvalue weighted by atomic mass is 10.2. The summed E-state index contributed by atoms with van der Waals surface area (Å²) in [5.74, 6) is 0.411. The number of aromatic nitrogens is 4. The fourth-order valence-electron chi connectivity index (χ4n) is 1.53. The van der Waals surface area contributed by atoms with Gasteiger partial charge < -0.3 is 5.73 Å². The number of benzene rings is 1. The van der Waals surface area contributed by atoms with E-state index in [1.54, 1.807) is 16.8 Å². The number of hydrogen-bond acceptors (Lipinski definition) is 7. The zero-order chi connectivity index (χ0) is 14.5. The van der Waals surface area contributed by atoms with Crippen LogP contribution in [0.2, 0.25) is 0 Å². The molecule has 106 valence electrons. The van der Waals surface area contributed by atoms with Gasteiger partial charge in [0.1, 0.15) is 0 Å². The van der Waals surface area contributed by atoms with Crippen molar-refractivity contribution in [2.45, 2.75) is 17.5 Å². The highest BCUT2D eigenvalue weighted by Crippen LogP contribution is 2.29. The van der Waals surface area contributed by atoms with E-state index < -0.39 is 4.92 Å². The quantitative estimate of drug-likeness (QED) is 0.473. The SMILES string of the molecule is NCCn1nnnc1SCc1ccc(Br)cc1[N+](=O)[O-]. The van der Waals surface area contributed by atoms with Crippen LogP contribution in [0.25, 0.3) is 0 Å². The topological polar surface area (TPSA) is 113 Å². The van der Waals surface area contributed by atoms with Crippen LogP contribution in [-0.4, -0.2) is 31.7 Å². The summed E-state index contributed by atoms with van der Waals surface area (Å²) in [6, 6.07) is 4.97. The number of nitro benzene ring substituents is 1. The number of nitrogens with two attached hydrogens (primary N) is 1. The molecule has 1 aromatic heterocycles. The second-order valence-electron chi connectivity index (χ2n) is 3.79. The van der Waals surface area contributed by atoms with Crippen molar-refractivity contribution in [3.63, 3.8) is 0 Å². The maximum atomic E-state index is 11.0. The average Bonchev–Trinajstić information content (AvgIpc) is 2.85. The third-order valence-corrected chi connectivity index (χ3v) is 3.94. The van der Waals surface area contributed by atoms with Crippen molar-refractivity contribution in [3.05, 3.63) is 38.3 Å². The van der Waals surface area contributed by atoms with Crippen LogP contribution in [0.1, 0.15) is 5.56 Å². The lowest BCUT2D eigenvalue weighted by molar-refractivity contribution is -0.385. The molecule has 20 heavy (non-hydrogen) atoms. The molecule has 2 N–H and O–H groups in total. The van der Waals surface area contributed by atoms with E-state index in [0.717, 1.165) is 0 Å². The summed E-state index contributed by atoms with van der Waals surface area (Å²) in [5.41, 5.74) is 6.15. The van der Waals surface area contributed by atoms with Crippen molar-refractivity contribution < 1.29 is 4.92 Å². The van der Waals surface area contributed by atoms with E-state index in [9.17, 15) is 10.1 Å². The van der Waals surface area contributed by atoms with Gasteiger partial charge in [0, 0.05) is 28.4 Å². The summed E-state index contributed by atoms with van der Waals surface area (Å²) >= 11 is 4.56. The number of rotatable bonds is 6. The van der Waals surface area contributed by atoms with E-state index in [1.165, 1.54) is 17.8 Å². The molecule has 0 bridgehead atoms. The summed E-state index contributed by atoms with van der Waals surface area (Å²) in [6.07, 6.45) is 0. The number of nitrogens with zero attached hydrogens (tertiary/aromatic N) is 5. The molecule has 0 saturated heterocycles. The van der Waals surface area contributed by atoms with Crippen LogP contribution in [0, 0.1) is 10.1 Å². The number of halogens is 1. The van der Waals surface area contributed by atoms with Gasteiger partial charge >= 0.3 is 0 Å². The summed E-state index contributed by atoms with van der Waals surface area (Å²) in [7, 11) is 0. The Bertz CT molecular complexity index is 620. The first kappa shape index (κ1) is 14.9.